The van der Waals surface area contributed by atoms with Gasteiger partial charge in [-0.3, -0.25) is 9.59 Å². The van der Waals surface area contributed by atoms with Gasteiger partial charge in [-0.15, -0.1) is 0 Å². The van der Waals surface area contributed by atoms with E-state index in [4.69, 9.17) is 4.74 Å². The molecule has 0 spiro atoms. The summed E-state index contributed by atoms with van der Waals surface area (Å²) in [6, 6.07) is 0. The van der Waals surface area contributed by atoms with E-state index < -0.39 is 0 Å². The Bertz CT molecular complexity index is 631. The smallest absolute Gasteiger partial charge is 0.302 e. The largest absolute Gasteiger partial charge is 0.465 e. The molecule has 0 radical (unpaired) electrons. The molecular weight excluding hydrogens is 300 g/mol. The predicted molar refractivity (Wildman–Crippen MR) is 92.2 cm³/mol. The molecule has 4 aliphatic carbocycles. The lowest BCUT2D eigenvalue weighted by Gasteiger charge is -2.55. The minimum absolute atomic E-state index is 0.153. The van der Waals surface area contributed by atoms with Gasteiger partial charge in [-0.25, -0.2) is 0 Å². The van der Waals surface area contributed by atoms with Crippen molar-refractivity contribution in [3.05, 3.63) is 23.8 Å². The van der Waals surface area contributed by atoms with Gasteiger partial charge in [0.1, 0.15) is 0 Å². The Labute approximate surface area is 144 Å². The van der Waals surface area contributed by atoms with Gasteiger partial charge in [-0.1, -0.05) is 25.5 Å². The van der Waals surface area contributed by atoms with Crippen LogP contribution in [0.25, 0.3) is 0 Å². The van der Waals surface area contributed by atoms with Gasteiger partial charge in [0.15, 0.2) is 5.78 Å². The van der Waals surface area contributed by atoms with E-state index in [9.17, 15) is 9.59 Å². The van der Waals surface area contributed by atoms with E-state index in [0.29, 0.717) is 30.8 Å². The lowest BCUT2D eigenvalue weighted by molar-refractivity contribution is -0.148. The molecule has 4 rings (SSSR count). The van der Waals surface area contributed by atoms with Crippen LogP contribution in [-0.2, 0) is 14.3 Å². The molecule has 0 aliphatic heterocycles. The minimum Gasteiger partial charge on any atom is -0.465 e. The van der Waals surface area contributed by atoms with Crippen LogP contribution in [0.3, 0.4) is 0 Å². The van der Waals surface area contributed by atoms with Gasteiger partial charge in [-0.05, 0) is 66.9 Å². The average Bonchev–Trinajstić information content (AvgIpc) is 2.98. The molecule has 0 aromatic carbocycles. The number of hydrogen-bond donors (Lipinski definition) is 0. The molecule has 2 fully saturated rings. The number of ether oxygens (including phenoxy) is 1. The highest BCUT2D eigenvalue weighted by atomic mass is 16.5. The molecule has 0 N–H and O–H groups in total. The number of esters is 1. The Morgan fingerprint density at radius 3 is 2.88 bits per heavy atom. The van der Waals surface area contributed by atoms with Gasteiger partial charge >= 0.3 is 5.97 Å². The summed E-state index contributed by atoms with van der Waals surface area (Å²) in [5.74, 6) is 1.97. The van der Waals surface area contributed by atoms with Gasteiger partial charge in [0.2, 0.25) is 0 Å². The zero-order valence-electron chi connectivity index (χ0n) is 14.8. The Morgan fingerprint density at radius 2 is 2.08 bits per heavy atom. The predicted octanol–water partition coefficient (Wildman–Crippen LogP) is 4.23. The number of carbonyl (C=O) groups is 2. The number of ketones is 1. The quantitative estimate of drug-likeness (QED) is 0.713. The number of allylic oxidation sites excluding steroid dienone is 4. The number of rotatable bonds is 2. The normalized spacial score (nSPS) is 43.5. The van der Waals surface area contributed by atoms with Crippen molar-refractivity contribution in [2.24, 2.45) is 28.6 Å². The molecule has 24 heavy (non-hydrogen) atoms. The molecule has 3 nitrogen and oxygen atoms in total. The van der Waals surface area contributed by atoms with Crippen LogP contribution in [0.1, 0.15) is 58.8 Å². The fourth-order valence-electron chi connectivity index (χ4n) is 6.29. The maximum Gasteiger partial charge on any atom is 0.302 e. The molecule has 4 aliphatic rings. The monoisotopic (exact) mass is 328 g/mol. The number of hydrogen-bond acceptors (Lipinski definition) is 3. The molecule has 2 saturated carbocycles. The molecule has 0 saturated heterocycles. The van der Waals surface area contributed by atoms with E-state index in [1.54, 1.807) is 0 Å². The van der Waals surface area contributed by atoms with Crippen LogP contribution >= 0.6 is 0 Å². The van der Waals surface area contributed by atoms with Crippen LogP contribution in [0.4, 0.5) is 0 Å². The third-order valence-corrected chi connectivity index (χ3v) is 7.60. The first kappa shape index (κ1) is 16.1. The zero-order valence-corrected chi connectivity index (χ0v) is 14.8. The van der Waals surface area contributed by atoms with E-state index >= 15 is 0 Å². The summed E-state index contributed by atoms with van der Waals surface area (Å²) < 4.78 is 5.49. The van der Waals surface area contributed by atoms with Crippen molar-refractivity contribution >= 4 is 11.8 Å². The van der Waals surface area contributed by atoms with Gasteiger partial charge < -0.3 is 4.74 Å². The molecule has 0 unspecified atom stereocenters. The van der Waals surface area contributed by atoms with Gasteiger partial charge in [0.25, 0.3) is 0 Å². The molecule has 0 bridgehead atoms. The molecule has 0 aromatic rings. The fourth-order valence-corrected chi connectivity index (χ4v) is 6.29. The van der Waals surface area contributed by atoms with E-state index in [2.05, 4.69) is 19.1 Å². The van der Waals surface area contributed by atoms with E-state index in [0.717, 1.165) is 12.8 Å². The second kappa shape index (κ2) is 5.57. The van der Waals surface area contributed by atoms with Crippen molar-refractivity contribution in [3.8, 4) is 0 Å². The molecule has 0 heterocycles. The Kier molecular flexibility index (Phi) is 3.74. The minimum atomic E-state index is -0.153. The van der Waals surface area contributed by atoms with Crippen molar-refractivity contribution in [1.82, 2.24) is 0 Å². The maximum absolute atomic E-state index is 11.8. The highest BCUT2D eigenvalue weighted by Gasteiger charge is 2.56. The third-order valence-electron chi connectivity index (χ3n) is 7.60. The second-order valence-corrected chi connectivity index (χ2v) is 8.71. The number of fused-ring (bicyclic) bond motifs is 5. The topological polar surface area (TPSA) is 43.4 Å². The van der Waals surface area contributed by atoms with Gasteiger partial charge in [0.05, 0.1) is 6.61 Å². The Morgan fingerprint density at radius 1 is 1.25 bits per heavy atom. The highest BCUT2D eigenvalue weighted by molar-refractivity contribution is 5.92. The van der Waals surface area contributed by atoms with Crippen LogP contribution < -0.4 is 0 Å². The Balaban J connectivity index is 1.66. The lowest BCUT2D eigenvalue weighted by Crippen LogP contribution is -2.49. The van der Waals surface area contributed by atoms with E-state index in [1.807, 2.05) is 6.08 Å². The van der Waals surface area contributed by atoms with Crippen molar-refractivity contribution < 1.29 is 14.3 Å². The van der Waals surface area contributed by atoms with Crippen molar-refractivity contribution in [2.75, 3.05) is 6.61 Å². The standard InChI is InChI=1S/C21H28O3/c1-14(22)24-13-21-9-3-4-19(21)17-6-5-15-12-16(23)7-10-20(15,2)18(17)8-11-21/h5-6,12,17-19H,3-4,7-11,13H2,1-2H3/t17-,18+,19+,20+,21+/m1/s1. The molecule has 5 atom stereocenters. The summed E-state index contributed by atoms with van der Waals surface area (Å²) in [5, 5.41) is 0. The van der Waals surface area contributed by atoms with Crippen molar-refractivity contribution in [1.29, 1.82) is 0 Å². The number of carbonyl (C=O) groups excluding carboxylic acids is 2. The van der Waals surface area contributed by atoms with Crippen LogP contribution in [-0.4, -0.2) is 18.4 Å². The third kappa shape index (κ3) is 2.31. The summed E-state index contributed by atoms with van der Waals surface area (Å²) in [7, 11) is 0. The molecule has 3 heteroatoms. The second-order valence-electron chi connectivity index (χ2n) is 8.71. The molecule has 0 amide bonds. The zero-order chi connectivity index (χ0) is 16.9. The molecule has 0 aromatic heterocycles. The summed E-state index contributed by atoms with van der Waals surface area (Å²) in [5.41, 5.74) is 1.61. The summed E-state index contributed by atoms with van der Waals surface area (Å²) in [4.78, 5) is 23.2. The van der Waals surface area contributed by atoms with Crippen LogP contribution in [0.5, 0.6) is 0 Å². The average molecular weight is 328 g/mol. The van der Waals surface area contributed by atoms with Gasteiger partial charge in [0, 0.05) is 18.8 Å². The molecular formula is C21H28O3. The first-order valence-electron chi connectivity index (χ1n) is 9.51. The Hall–Kier alpha value is -1.38. The molecule has 130 valence electrons. The van der Waals surface area contributed by atoms with Crippen LogP contribution in [0, 0.1) is 28.6 Å². The summed E-state index contributed by atoms with van der Waals surface area (Å²) in [6.07, 6.45) is 14.2. The fraction of sp³-hybridized carbons (Fsp3) is 0.714. The summed E-state index contributed by atoms with van der Waals surface area (Å²) >= 11 is 0. The van der Waals surface area contributed by atoms with Crippen LogP contribution in [0.15, 0.2) is 23.8 Å². The first-order chi connectivity index (χ1) is 11.4. The summed E-state index contributed by atoms with van der Waals surface area (Å²) in [6.45, 7) is 4.49. The SMILES string of the molecule is CC(=O)OC[C@@]12CCC[C@H]1[C@@H]1C=CC3=CC(=O)CC[C@]3(C)[C@H]1CC2. The van der Waals surface area contributed by atoms with Crippen molar-refractivity contribution in [3.63, 3.8) is 0 Å². The van der Waals surface area contributed by atoms with E-state index in [-0.39, 0.29) is 22.6 Å². The lowest BCUT2D eigenvalue weighted by atomic mass is 9.49. The highest BCUT2D eigenvalue weighted by Crippen LogP contribution is 2.63. The van der Waals surface area contributed by atoms with E-state index in [1.165, 1.54) is 38.2 Å². The van der Waals surface area contributed by atoms with Crippen LogP contribution in [0.2, 0.25) is 0 Å². The first-order valence-corrected chi connectivity index (χ1v) is 9.51. The maximum atomic E-state index is 11.8. The van der Waals surface area contributed by atoms with Crippen molar-refractivity contribution in [2.45, 2.75) is 58.8 Å². The van der Waals surface area contributed by atoms with Gasteiger partial charge in [-0.2, -0.15) is 0 Å².